The first kappa shape index (κ1) is 22.9. The minimum Gasteiger partial charge on any atom is -0.497 e. The van der Waals surface area contributed by atoms with Crippen molar-refractivity contribution in [3.8, 4) is 5.75 Å². The molecule has 0 saturated heterocycles. The second-order valence-electron chi connectivity index (χ2n) is 6.79. The minimum absolute atomic E-state index is 0.0372. The van der Waals surface area contributed by atoms with Gasteiger partial charge in [-0.1, -0.05) is 48.2 Å². The van der Waals surface area contributed by atoms with Crippen LogP contribution in [0.5, 0.6) is 5.75 Å². The van der Waals surface area contributed by atoms with Crippen LogP contribution < -0.4 is 9.46 Å². The van der Waals surface area contributed by atoms with Gasteiger partial charge in [0.05, 0.1) is 25.7 Å². The second kappa shape index (κ2) is 10.5. The number of sulfonamides is 1. The van der Waals surface area contributed by atoms with Crippen molar-refractivity contribution >= 4 is 27.6 Å². The summed E-state index contributed by atoms with van der Waals surface area (Å²) in [5, 5.41) is 12.3. The SMILES string of the molecule is COc1ccc(Cn2nnnc2SCC(=O)c2ccc(CCNS(C)(=O)=O)cc2)cc1. The average Bonchev–Trinajstić information content (AvgIpc) is 3.19. The monoisotopic (exact) mass is 461 g/mol. The Morgan fingerprint density at radius 3 is 2.42 bits per heavy atom. The van der Waals surface area contributed by atoms with Gasteiger partial charge in [0.2, 0.25) is 15.2 Å². The van der Waals surface area contributed by atoms with Gasteiger partial charge >= 0.3 is 0 Å². The number of hydrogen-bond acceptors (Lipinski definition) is 8. The third-order valence-corrected chi connectivity index (χ3v) is 6.06. The van der Waals surface area contributed by atoms with E-state index in [1.807, 2.05) is 36.4 Å². The molecule has 11 heteroatoms. The zero-order valence-corrected chi connectivity index (χ0v) is 18.8. The summed E-state index contributed by atoms with van der Waals surface area (Å²) in [4.78, 5) is 12.5. The molecule has 0 bridgehead atoms. The maximum Gasteiger partial charge on any atom is 0.210 e. The molecule has 9 nitrogen and oxygen atoms in total. The molecule has 0 amide bonds. The topological polar surface area (TPSA) is 116 Å². The van der Waals surface area contributed by atoms with Crippen LogP contribution in [0.25, 0.3) is 0 Å². The number of benzene rings is 2. The lowest BCUT2D eigenvalue weighted by atomic mass is 10.1. The molecular formula is C20H23N5O4S2. The molecule has 0 fully saturated rings. The number of hydrogen-bond donors (Lipinski definition) is 1. The number of carbonyl (C=O) groups is 1. The van der Waals surface area contributed by atoms with E-state index in [1.165, 1.54) is 11.8 Å². The van der Waals surface area contributed by atoms with E-state index >= 15 is 0 Å². The van der Waals surface area contributed by atoms with E-state index in [-0.39, 0.29) is 11.5 Å². The standard InChI is InChI=1S/C20H23N5O4S2/c1-29-18-9-5-16(6-10-18)13-25-20(22-23-24-25)30-14-19(26)17-7-3-15(4-8-17)11-12-21-31(2,27)28/h3-10,21H,11-14H2,1-2H3. The number of methoxy groups -OCH3 is 1. The highest BCUT2D eigenvalue weighted by molar-refractivity contribution is 7.99. The Hall–Kier alpha value is -2.76. The molecule has 0 saturated carbocycles. The molecule has 0 aliphatic heterocycles. The molecule has 0 aliphatic carbocycles. The molecule has 3 rings (SSSR count). The molecule has 2 aromatic carbocycles. The van der Waals surface area contributed by atoms with Crippen molar-refractivity contribution in [1.29, 1.82) is 0 Å². The summed E-state index contributed by atoms with van der Waals surface area (Å²) in [7, 11) is -1.59. The summed E-state index contributed by atoms with van der Waals surface area (Å²) in [6.07, 6.45) is 1.68. The van der Waals surface area contributed by atoms with E-state index in [9.17, 15) is 13.2 Å². The van der Waals surface area contributed by atoms with Crippen LogP contribution in [0.15, 0.2) is 53.7 Å². The maximum absolute atomic E-state index is 12.5. The molecule has 3 aromatic rings. The quantitative estimate of drug-likeness (QED) is 0.339. The van der Waals surface area contributed by atoms with Gasteiger partial charge in [0, 0.05) is 12.1 Å². The first-order valence-corrected chi connectivity index (χ1v) is 12.3. The average molecular weight is 462 g/mol. The van der Waals surface area contributed by atoms with E-state index in [0.717, 1.165) is 23.1 Å². The molecule has 0 unspecified atom stereocenters. The molecule has 1 heterocycles. The molecule has 1 N–H and O–H groups in total. The van der Waals surface area contributed by atoms with Gasteiger partial charge in [0.15, 0.2) is 5.78 Å². The van der Waals surface area contributed by atoms with Gasteiger partial charge in [-0.05, 0) is 40.1 Å². The second-order valence-corrected chi connectivity index (χ2v) is 9.57. The van der Waals surface area contributed by atoms with Crippen molar-refractivity contribution < 1.29 is 17.9 Å². The van der Waals surface area contributed by atoms with E-state index in [0.29, 0.717) is 30.2 Å². The van der Waals surface area contributed by atoms with Crippen LogP contribution >= 0.6 is 11.8 Å². The smallest absolute Gasteiger partial charge is 0.210 e. The Balaban J connectivity index is 1.53. The largest absolute Gasteiger partial charge is 0.497 e. The van der Waals surface area contributed by atoms with Crippen molar-refractivity contribution in [2.45, 2.75) is 18.1 Å². The van der Waals surface area contributed by atoms with Crippen LogP contribution in [0.2, 0.25) is 0 Å². The van der Waals surface area contributed by atoms with Gasteiger partial charge in [-0.25, -0.2) is 17.8 Å². The summed E-state index contributed by atoms with van der Waals surface area (Å²) in [5.74, 6) is 0.945. The van der Waals surface area contributed by atoms with Crippen molar-refractivity contribution in [2.75, 3.05) is 25.7 Å². The highest BCUT2D eigenvalue weighted by Crippen LogP contribution is 2.18. The fraction of sp³-hybridized carbons (Fsp3) is 0.300. The number of carbonyl (C=O) groups excluding carboxylic acids is 1. The Bertz CT molecular complexity index is 1110. The van der Waals surface area contributed by atoms with Gasteiger partial charge in [-0.3, -0.25) is 4.79 Å². The third-order valence-electron chi connectivity index (χ3n) is 4.38. The van der Waals surface area contributed by atoms with Crippen molar-refractivity contribution in [2.24, 2.45) is 0 Å². The first-order valence-electron chi connectivity index (χ1n) is 9.43. The molecule has 1 aromatic heterocycles. The van der Waals surface area contributed by atoms with Gasteiger partial charge in [0.25, 0.3) is 0 Å². The summed E-state index contributed by atoms with van der Waals surface area (Å²) in [6, 6.07) is 14.8. The first-order chi connectivity index (χ1) is 14.8. The van der Waals surface area contributed by atoms with Crippen LogP contribution in [-0.2, 0) is 23.0 Å². The van der Waals surface area contributed by atoms with E-state index in [4.69, 9.17) is 4.74 Å². The van der Waals surface area contributed by atoms with Crippen molar-refractivity contribution in [3.63, 3.8) is 0 Å². The number of ether oxygens (including phenoxy) is 1. The number of aromatic nitrogens is 4. The molecule has 0 spiro atoms. The zero-order valence-electron chi connectivity index (χ0n) is 17.2. The van der Waals surface area contributed by atoms with Gasteiger partial charge in [0.1, 0.15) is 5.75 Å². The normalized spacial score (nSPS) is 11.4. The number of nitrogens with one attached hydrogen (secondary N) is 1. The fourth-order valence-corrected chi connectivity index (χ4v) is 4.00. The molecule has 164 valence electrons. The predicted octanol–water partition coefficient (Wildman–Crippen LogP) is 1.80. The highest BCUT2D eigenvalue weighted by atomic mass is 32.2. The summed E-state index contributed by atoms with van der Waals surface area (Å²) in [5.41, 5.74) is 2.55. The number of tetrazole rings is 1. The maximum atomic E-state index is 12.5. The van der Waals surface area contributed by atoms with Gasteiger partial charge < -0.3 is 4.74 Å². The Morgan fingerprint density at radius 2 is 1.77 bits per heavy atom. The van der Waals surface area contributed by atoms with E-state index < -0.39 is 10.0 Å². The molecule has 0 aliphatic rings. The minimum atomic E-state index is -3.20. The predicted molar refractivity (Wildman–Crippen MR) is 118 cm³/mol. The number of rotatable bonds is 11. The van der Waals surface area contributed by atoms with Crippen molar-refractivity contribution in [1.82, 2.24) is 24.9 Å². The molecule has 0 radical (unpaired) electrons. The van der Waals surface area contributed by atoms with Crippen LogP contribution in [-0.4, -0.2) is 60.1 Å². The Kier molecular flexibility index (Phi) is 7.77. The number of nitrogens with zero attached hydrogens (tertiary/aromatic N) is 4. The van der Waals surface area contributed by atoms with Gasteiger partial charge in [-0.15, -0.1) is 5.10 Å². The molecule has 31 heavy (non-hydrogen) atoms. The fourth-order valence-electron chi connectivity index (χ4n) is 2.75. The highest BCUT2D eigenvalue weighted by Gasteiger charge is 2.12. The van der Waals surface area contributed by atoms with Crippen LogP contribution in [0.3, 0.4) is 0 Å². The van der Waals surface area contributed by atoms with E-state index in [2.05, 4.69) is 20.2 Å². The Morgan fingerprint density at radius 1 is 1.10 bits per heavy atom. The van der Waals surface area contributed by atoms with Crippen LogP contribution in [0.1, 0.15) is 21.5 Å². The molecule has 0 atom stereocenters. The summed E-state index contributed by atoms with van der Waals surface area (Å²) >= 11 is 1.28. The molecular weight excluding hydrogens is 438 g/mol. The lowest BCUT2D eigenvalue weighted by molar-refractivity contribution is 0.102. The lowest BCUT2D eigenvalue weighted by Crippen LogP contribution is -2.24. The summed E-state index contributed by atoms with van der Waals surface area (Å²) < 4.78 is 31.5. The number of ketones is 1. The summed E-state index contributed by atoms with van der Waals surface area (Å²) in [6.45, 7) is 0.808. The number of Topliss-reactive ketones (excluding diaryl/α,β-unsaturated/α-hetero) is 1. The van der Waals surface area contributed by atoms with Gasteiger partial charge in [-0.2, -0.15) is 0 Å². The van der Waals surface area contributed by atoms with E-state index in [1.54, 1.807) is 23.9 Å². The van der Waals surface area contributed by atoms with Crippen molar-refractivity contribution in [3.05, 3.63) is 65.2 Å². The van der Waals surface area contributed by atoms with Crippen LogP contribution in [0, 0.1) is 0 Å². The van der Waals surface area contributed by atoms with Crippen LogP contribution in [0.4, 0.5) is 0 Å². The number of thioether (sulfide) groups is 1. The zero-order chi connectivity index (χ0) is 22.3. The lowest BCUT2D eigenvalue weighted by Gasteiger charge is -2.06. The Labute approximate surface area is 185 Å². The third kappa shape index (κ3) is 7.16.